The second kappa shape index (κ2) is 6.35. The quantitative estimate of drug-likeness (QED) is 0.483. The smallest absolute Gasteiger partial charge is 0.122 e. The van der Waals surface area contributed by atoms with Gasteiger partial charge in [-0.1, -0.05) is 45.8 Å². The first-order chi connectivity index (χ1) is 13.9. The van der Waals surface area contributed by atoms with Gasteiger partial charge in [0.1, 0.15) is 5.72 Å². The van der Waals surface area contributed by atoms with Crippen molar-refractivity contribution in [1.82, 2.24) is 5.32 Å². The zero-order valence-corrected chi connectivity index (χ0v) is 19.3. The molecule has 1 N–H and O–H groups in total. The number of rotatable bonds is 0. The van der Waals surface area contributed by atoms with Crippen LogP contribution in [0.15, 0.2) is 11.6 Å². The van der Waals surface area contributed by atoms with Crippen molar-refractivity contribution in [2.24, 2.45) is 46.3 Å². The summed E-state index contributed by atoms with van der Waals surface area (Å²) in [6.45, 7) is 11.4. The molecule has 3 saturated carbocycles. The number of hydrogen-bond acceptors (Lipinski definition) is 2. The van der Waals surface area contributed by atoms with E-state index < -0.39 is 0 Å². The molecule has 0 aromatic rings. The normalized spacial score (nSPS) is 58.9. The summed E-state index contributed by atoms with van der Waals surface area (Å²) < 4.78 is 7.02. The topological polar surface area (TPSA) is 21.3 Å². The van der Waals surface area contributed by atoms with Crippen molar-refractivity contribution in [3.63, 3.8) is 0 Å². The van der Waals surface area contributed by atoms with E-state index in [0.29, 0.717) is 22.9 Å². The lowest BCUT2D eigenvalue weighted by Gasteiger charge is -2.58. The maximum absolute atomic E-state index is 7.02. The molecule has 0 aromatic carbocycles. The molecule has 162 valence electrons. The third-order valence-corrected chi connectivity index (χ3v) is 11.5. The Morgan fingerprint density at radius 2 is 1.90 bits per heavy atom. The summed E-state index contributed by atoms with van der Waals surface area (Å²) in [6.07, 6.45) is 17.1. The van der Waals surface area contributed by atoms with Crippen LogP contribution in [0, 0.1) is 46.3 Å². The maximum Gasteiger partial charge on any atom is 0.122 e. The van der Waals surface area contributed by atoms with E-state index in [0.717, 1.165) is 36.1 Å². The molecule has 0 amide bonds. The van der Waals surface area contributed by atoms with Crippen LogP contribution >= 0.6 is 0 Å². The van der Waals surface area contributed by atoms with E-state index >= 15 is 0 Å². The number of piperidine rings is 1. The van der Waals surface area contributed by atoms with Crippen molar-refractivity contribution in [3.05, 3.63) is 11.6 Å². The van der Waals surface area contributed by atoms with Crippen molar-refractivity contribution >= 4 is 0 Å². The van der Waals surface area contributed by atoms with Gasteiger partial charge in [0.05, 0.1) is 6.10 Å². The Labute approximate surface area is 178 Å². The third kappa shape index (κ3) is 2.48. The van der Waals surface area contributed by atoms with Crippen LogP contribution in [0.4, 0.5) is 0 Å². The van der Waals surface area contributed by atoms with Crippen molar-refractivity contribution in [2.45, 2.75) is 104 Å². The van der Waals surface area contributed by atoms with Gasteiger partial charge in [-0.2, -0.15) is 0 Å². The summed E-state index contributed by atoms with van der Waals surface area (Å²) in [5.74, 6) is 4.96. The highest BCUT2D eigenvalue weighted by atomic mass is 16.5. The van der Waals surface area contributed by atoms with Gasteiger partial charge in [0.2, 0.25) is 0 Å². The molecule has 2 heterocycles. The van der Waals surface area contributed by atoms with E-state index in [9.17, 15) is 0 Å². The largest absolute Gasteiger partial charge is 0.357 e. The zero-order chi connectivity index (χ0) is 20.0. The Morgan fingerprint density at radius 3 is 2.69 bits per heavy atom. The molecule has 1 spiro atoms. The van der Waals surface area contributed by atoms with Gasteiger partial charge in [-0.3, -0.25) is 5.32 Å². The van der Waals surface area contributed by atoms with Gasteiger partial charge in [-0.05, 0) is 98.2 Å². The van der Waals surface area contributed by atoms with Gasteiger partial charge in [0.15, 0.2) is 0 Å². The number of fused-ring (bicyclic) bond motifs is 7. The third-order valence-electron chi connectivity index (χ3n) is 11.5. The summed E-state index contributed by atoms with van der Waals surface area (Å²) in [4.78, 5) is 0. The fourth-order valence-corrected chi connectivity index (χ4v) is 9.89. The van der Waals surface area contributed by atoms with Crippen molar-refractivity contribution in [2.75, 3.05) is 6.54 Å². The van der Waals surface area contributed by atoms with Crippen LogP contribution in [-0.4, -0.2) is 18.4 Å². The first-order valence-corrected chi connectivity index (χ1v) is 13.0. The monoisotopic (exact) mass is 397 g/mol. The number of hydrogen-bond donors (Lipinski definition) is 1. The van der Waals surface area contributed by atoms with Crippen LogP contribution in [0.25, 0.3) is 0 Å². The minimum atomic E-state index is -0.0122. The first-order valence-electron chi connectivity index (χ1n) is 13.0. The molecule has 6 aliphatic rings. The molecule has 2 aliphatic heterocycles. The van der Waals surface area contributed by atoms with E-state index in [1.807, 2.05) is 5.57 Å². The summed E-state index contributed by atoms with van der Waals surface area (Å²) in [7, 11) is 0. The average Bonchev–Trinajstić information content (AvgIpc) is 3.15. The van der Waals surface area contributed by atoms with Crippen molar-refractivity contribution in [1.29, 1.82) is 0 Å². The van der Waals surface area contributed by atoms with E-state index in [1.54, 1.807) is 0 Å². The summed E-state index contributed by atoms with van der Waals surface area (Å²) >= 11 is 0. The average molecular weight is 398 g/mol. The molecule has 6 rings (SSSR count). The Kier molecular flexibility index (Phi) is 4.23. The van der Waals surface area contributed by atoms with Crippen LogP contribution in [0.2, 0.25) is 0 Å². The lowest BCUT2D eigenvalue weighted by molar-refractivity contribution is -0.114. The zero-order valence-electron chi connectivity index (χ0n) is 19.3. The van der Waals surface area contributed by atoms with E-state index in [2.05, 4.69) is 39.1 Å². The SMILES string of the molecule is C[C@@H]1CC[C@@]2(NC1)O[C@H]1C[C@H]3[C@@H]4CC=C5CCCC[C@]5(C)[C@H]4CC[C@]3(C)[C@H]1[C@H]2C. The molecule has 0 radical (unpaired) electrons. The number of allylic oxidation sites excluding steroid dienone is 2. The van der Waals surface area contributed by atoms with Gasteiger partial charge in [-0.15, -0.1) is 0 Å². The van der Waals surface area contributed by atoms with Crippen molar-refractivity contribution in [3.8, 4) is 0 Å². The van der Waals surface area contributed by atoms with Gasteiger partial charge in [0.25, 0.3) is 0 Å². The molecule has 5 fully saturated rings. The molecule has 2 nitrogen and oxygen atoms in total. The minimum Gasteiger partial charge on any atom is -0.357 e. The summed E-state index contributed by atoms with van der Waals surface area (Å²) in [6, 6.07) is 0. The second-order valence-electron chi connectivity index (χ2n) is 12.6. The van der Waals surface area contributed by atoms with Gasteiger partial charge in [-0.25, -0.2) is 0 Å². The maximum atomic E-state index is 7.02. The second-order valence-corrected chi connectivity index (χ2v) is 12.6. The van der Waals surface area contributed by atoms with Gasteiger partial charge >= 0.3 is 0 Å². The molecule has 0 bridgehead atoms. The van der Waals surface area contributed by atoms with E-state index in [1.165, 1.54) is 64.2 Å². The predicted octanol–water partition coefficient (Wildman–Crippen LogP) is 6.32. The molecular formula is C27H43NO. The van der Waals surface area contributed by atoms with Crippen LogP contribution < -0.4 is 5.32 Å². The molecule has 2 heteroatoms. The predicted molar refractivity (Wildman–Crippen MR) is 118 cm³/mol. The van der Waals surface area contributed by atoms with Crippen LogP contribution in [0.3, 0.4) is 0 Å². The molecule has 4 aliphatic carbocycles. The standard InChI is InChI=1S/C27H43NO/c1-17-10-14-27(28-16-17)18(2)24-23(29-27)15-22-20-9-8-19-7-5-6-12-25(19,3)21(20)11-13-26(22,24)4/h8,17-18,20-24,28H,5-7,9-16H2,1-4H3/t17-,18-,20-,21+,22+,23+,24+,25+,26+,27-/m1/s1. The molecule has 2 saturated heterocycles. The molecule has 0 aromatic heterocycles. The van der Waals surface area contributed by atoms with Gasteiger partial charge < -0.3 is 4.74 Å². The van der Waals surface area contributed by atoms with Crippen molar-refractivity contribution < 1.29 is 4.74 Å². The van der Waals surface area contributed by atoms with Gasteiger partial charge in [0, 0.05) is 12.5 Å². The fraction of sp³-hybridized carbons (Fsp3) is 0.926. The Hall–Kier alpha value is -0.340. The molecule has 10 atom stereocenters. The Morgan fingerprint density at radius 1 is 1.03 bits per heavy atom. The number of nitrogens with one attached hydrogen (secondary N) is 1. The van der Waals surface area contributed by atoms with E-state index in [-0.39, 0.29) is 5.72 Å². The fourth-order valence-electron chi connectivity index (χ4n) is 9.89. The lowest BCUT2D eigenvalue weighted by Crippen LogP contribution is -2.56. The summed E-state index contributed by atoms with van der Waals surface area (Å²) in [5, 5.41) is 3.90. The van der Waals surface area contributed by atoms with E-state index in [4.69, 9.17) is 4.74 Å². The Bertz CT molecular complexity index is 705. The minimum absolute atomic E-state index is 0.0122. The molecule has 29 heavy (non-hydrogen) atoms. The highest BCUT2D eigenvalue weighted by molar-refractivity contribution is 5.25. The lowest BCUT2D eigenvalue weighted by atomic mass is 9.47. The highest BCUT2D eigenvalue weighted by Crippen LogP contribution is 2.70. The van der Waals surface area contributed by atoms with Crippen LogP contribution in [0.5, 0.6) is 0 Å². The number of ether oxygens (including phenoxy) is 1. The highest BCUT2D eigenvalue weighted by Gasteiger charge is 2.67. The van der Waals surface area contributed by atoms with Crippen LogP contribution in [-0.2, 0) is 4.74 Å². The Balaban J connectivity index is 1.29. The molecular weight excluding hydrogens is 354 g/mol. The molecule has 0 unspecified atom stereocenters. The van der Waals surface area contributed by atoms with Crippen LogP contribution in [0.1, 0.15) is 91.9 Å². The summed E-state index contributed by atoms with van der Waals surface area (Å²) in [5.41, 5.74) is 2.85. The first kappa shape index (κ1) is 19.4.